The maximum absolute atomic E-state index is 5.37. The third kappa shape index (κ3) is 6.52. The Labute approximate surface area is 188 Å². The van der Waals surface area contributed by atoms with Crippen LogP contribution in [0, 0.1) is 0 Å². The minimum absolute atomic E-state index is 0. The number of hydrogen-bond acceptors (Lipinski definition) is 5. The molecule has 6 nitrogen and oxygen atoms in total. The average molecular weight is 516 g/mol. The molecule has 2 N–H and O–H groups in total. The van der Waals surface area contributed by atoms with Gasteiger partial charge < -0.3 is 20.1 Å². The standard InChI is InChI=1S/C20H28N4O2S.HI/c1-21-20(22-12-19-5-4-8-27-19)23-16-6-7-24(14-16)13-15-9-17(25-2)11-18(10-15)26-3;/h4-5,8-11,16H,6-7,12-14H2,1-3H3,(H2,21,22,23);1H. The summed E-state index contributed by atoms with van der Waals surface area (Å²) in [5.41, 5.74) is 1.20. The number of aliphatic imine (C=N–C) groups is 1. The largest absolute Gasteiger partial charge is 0.497 e. The van der Waals surface area contributed by atoms with Gasteiger partial charge in [0.2, 0.25) is 0 Å². The van der Waals surface area contributed by atoms with Crippen molar-refractivity contribution in [2.24, 2.45) is 4.99 Å². The highest BCUT2D eigenvalue weighted by molar-refractivity contribution is 14.0. The van der Waals surface area contributed by atoms with E-state index in [1.807, 2.05) is 13.1 Å². The molecule has 1 aliphatic heterocycles. The van der Waals surface area contributed by atoms with Crippen LogP contribution in [0.15, 0.2) is 40.7 Å². The number of nitrogens with one attached hydrogen (secondary N) is 2. The molecule has 1 atom stereocenters. The van der Waals surface area contributed by atoms with Gasteiger partial charge in [0.05, 0.1) is 20.8 Å². The summed E-state index contributed by atoms with van der Waals surface area (Å²) in [6, 6.07) is 10.6. The molecule has 0 aliphatic carbocycles. The first-order valence-electron chi connectivity index (χ1n) is 9.14. The first kappa shape index (κ1) is 22.8. The second-order valence-electron chi connectivity index (χ2n) is 6.59. The fourth-order valence-corrected chi connectivity index (χ4v) is 3.93. The average Bonchev–Trinajstić information content (AvgIpc) is 3.36. The van der Waals surface area contributed by atoms with E-state index in [0.717, 1.165) is 50.1 Å². The predicted molar refractivity (Wildman–Crippen MR) is 126 cm³/mol. The van der Waals surface area contributed by atoms with Crippen molar-refractivity contribution in [3.8, 4) is 11.5 Å². The number of guanidine groups is 1. The Bertz CT molecular complexity index is 732. The van der Waals surface area contributed by atoms with Gasteiger partial charge in [-0.3, -0.25) is 9.89 Å². The lowest BCUT2D eigenvalue weighted by atomic mass is 10.2. The Morgan fingerprint density at radius 2 is 2.00 bits per heavy atom. The number of benzene rings is 1. The molecule has 1 fully saturated rings. The van der Waals surface area contributed by atoms with E-state index in [1.165, 1.54) is 10.4 Å². The number of hydrogen-bond donors (Lipinski definition) is 2. The molecule has 0 spiro atoms. The van der Waals surface area contributed by atoms with E-state index < -0.39 is 0 Å². The Hall–Kier alpha value is -1.52. The van der Waals surface area contributed by atoms with Crippen LogP contribution in [-0.4, -0.2) is 51.3 Å². The minimum atomic E-state index is 0. The summed E-state index contributed by atoms with van der Waals surface area (Å²) in [6.07, 6.45) is 1.10. The molecule has 1 saturated heterocycles. The van der Waals surface area contributed by atoms with Crippen molar-refractivity contribution in [2.75, 3.05) is 34.4 Å². The second kappa shape index (κ2) is 11.5. The summed E-state index contributed by atoms with van der Waals surface area (Å²) in [5.74, 6) is 2.52. The molecule has 1 aliphatic rings. The normalized spacial score (nSPS) is 17.1. The third-order valence-electron chi connectivity index (χ3n) is 4.66. The highest BCUT2D eigenvalue weighted by atomic mass is 127. The molecule has 2 heterocycles. The van der Waals surface area contributed by atoms with E-state index in [4.69, 9.17) is 9.47 Å². The van der Waals surface area contributed by atoms with Gasteiger partial charge in [0.1, 0.15) is 11.5 Å². The van der Waals surface area contributed by atoms with Gasteiger partial charge in [-0.2, -0.15) is 0 Å². The van der Waals surface area contributed by atoms with Gasteiger partial charge >= 0.3 is 0 Å². The zero-order valence-corrected chi connectivity index (χ0v) is 19.8. The van der Waals surface area contributed by atoms with Crippen LogP contribution in [0.5, 0.6) is 11.5 Å². The molecule has 0 bridgehead atoms. The Kier molecular flexibility index (Phi) is 9.33. The van der Waals surface area contributed by atoms with Crippen LogP contribution >= 0.6 is 35.3 Å². The number of ether oxygens (including phenoxy) is 2. The van der Waals surface area contributed by atoms with E-state index >= 15 is 0 Å². The van der Waals surface area contributed by atoms with E-state index in [-0.39, 0.29) is 24.0 Å². The highest BCUT2D eigenvalue weighted by Crippen LogP contribution is 2.24. The van der Waals surface area contributed by atoms with Crippen molar-refractivity contribution in [3.63, 3.8) is 0 Å². The minimum Gasteiger partial charge on any atom is -0.497 e. The summed E-state index contributed by atoms with van der Waals surface area (Å²) < 4.78 is 10.7. The Morgan fingerprint density at radius 1 is 1.25 bits per heavy atom. The van der Waals surface area contributed by atoms with Gasteiger partial charge in [0.15, 0.2) is 5.96 Å². The number of methoxy groups -OCH3 is 2. The quantitative estimate of drug-likeness (QED) is 0.336. The molecule has 28 heavy (non-hydrogen) atoms. The zero-order chi connectivity index (χ0) is 19.1. The smallest absolute Gasteiger partial charge is 0.191 e. The van der Waals surface area contributed by atoms with Crippen molar-refractivity contribution in [1.29, 1.82) is 0 Å². The van der Waals surface area contributed by atoms with Crippen molar-refractivity contribution in [3.05, 3.63) is 46.2 Å². The van der Waals surface area contributed by atoms with Gasteiger partial charge in [-0.05, 0) is 35.6 Å². The van der Waals surface area contributed by atoms with Gasteiger partial charge in [-0.25, -0.2) is 0 Å². The number of likely N-dealkylation sites (tertiary alicyclic amines) is 1. The molecule has 0 radical (unpaired) electrons. The van der Waals surface area contributed by atoms with Crippen LogP contribution < -0.4 is 20.1 Å². The van der Waals surface area contributed by atoms with E-state index in [2.05, 4.69) is 50.2 Å². The number of rotatable bonds is 7. The van der Waals surface area contributed by atoms with E-state index in [0.29, 0.717) is 6.04 Å². The number of halogens is 1. The lowest BCUT2D eigenvalue weighted by Gasteiger charge is -2.19. The first-order valence-corrected chi connectivity index (χ1v) is 10.0. The van der Waals surface area contributed by atoms with E-state index in [1.54, 1.807) is 25.6 Å². The van der Waals surface area contributed by atoms with Crippen LogP contribution in [0.1, 0.15) is 16.9 Å². The lowest BCUT2D eigenvalue weighted by molar-refractivity contribution is 0.321. The molecular weight excluding hydrogens is 487 g/mol. The molecule has 8 heteroatoms. The monoisotopic (exact) mass is 516 g/mol. The molecule has 154 valence electrons. The van der Waals surface area contributed by atoms with Crippen molar-refractivity contribution >= 4 is 41.3 Å². The van der Waals surface area contributed by atoms with Gasteiger partial charge in [-0.1, -0.05) is 6.07 Å². The number of thiophene rings is 1. The highest BCUT2D eigenvalue weighted by Gasteiger charge is 2.23. The SMILES string of the molecule is CN=C(NCc1cccs1)NC1CCN(Cc2cc(OC)cc(OC)c2)C1.I. The van der Waals surface area contributed by atoms with Crippen molar-refractivity contribution in [2.45, 2.75) is 25.6 Å². The van der Waals surface area contributed by atoms with Crippen molar-refractivity contribution in [1.82, 2.24) is 15.5 Å². The fraction of sp³-hybridized carbons (Fsp3) is 0.450. The topological polar surface area (TPSA) is 58.1 Å². The summed E-state index contributed by atoms with van der Waals surface area (Å²) in [6.45, 7) is 3.72. The molecule has 1 unspecified atom stereocenters. The third-order valence-corrected chi connectivity index (χ3v) is 5.54. The fourth-order valence-electron chi connectivity index (χ4n) is 3.28. The molecule has 1 aromatic carbocycles. The maximum atomic E-state index is 5.37. The van der Waals surface area contributed by atoms with Crippen molar-refractivity contribution < 1.29 is 9.47 Å². The van der Waals surface area contributed by atoms with Crippen LogP contribution in [0.2, 0.25) is 0 Å². The van der Waals surface area contributed by atoms with Gasteiger partial charge in [0.25, 0.3) is 0 Å². The molecule has 2 aromatic rings. The second-order valence-corrected chi connectivity index (χ2v) is 7.62. The molecule has 0 saturated carbocycles. The molecular formula is C20H29IN4O2S. The summed E-state index contributed by atoms with van der Waals surface area (Å²) >= 11 is 1.75. The maximum Gasteiger partial charge on any atom is 0.191 e. The van der Waals surface area contributed by atoms with Gasteiger partial charge in [-0.15, -0.1) is 35.3 Å². The van der Waals surface area contributed by atoms with E-state index in [9.17, 15) is 0 Å². The van der Waals surface area contributed by atoms with Crippen LogP contribution in [0.25, 0.3) is 0 Å². The zero-order valence-electron chi connectivity index (χ0n) is 16.6. The van der Waals surface area contributed by atoms with Crippen LogP contribution in [0.4, 0.5) is 0 Å². The van der Waals surface area contributed by atoms with Crippen LogP contribution in [-0.2, 0) is 13.1 Å². The Morgan fingerprint density at radius 3 is 2.61 bits per heavy atom. The molecule has 3 rings (SSSR count). The summed E-state index contributed by atoms with van der Waals surface area (Å²) in [5, 5.41) is 9.03. The predicted octanol–water partition coefficient (Wildman–Crippen LogP) is 3.32. The molecule has 0 amide bonds. The lowest BCUT2D eigenvalue weighted by Crippen LogP contribution is -2.44. The first-order chi connectivity index (χ1) is 13.2. The summed E-state index contributed by atoms with van der Waals surface area (Å²) in [7, 11) is 5.19. The molecule has 1 aromatic heterocycles. The van der Waals surface area contributed by atoms with Gasteiger partial charge in [0, 0.05) is 43.7 Å². The van der Waals surface area contributed by atoms with Crippen LogP contribution in [0.3, 0.4) is 0 Å². The number of nitrogens with zero attached hydrogens (tertiary/aromatic N) is 2. The summed E-state index contributed by atoms with van der Waals surface area (Å²) in [4.78, 5) is 8.10. The Balaban J connectivity index is 0.00000280.